The first-order valence-electron chi connectivity index (χ1n) is 4.83. The van der Waals surface area contributed by atoms with E-state index in [-0.39, 0.29) is 17.4 Å². The molecule has 0 spiro atoms. The van der Waals surface area contributed by atoms with E-state index in [0.717, 1.165) is 5.39 Å². The molecule has 1 N–H and O–H groups in total. The number of halogens is 1. The van der Waals surface area contributed by atoms with Crippen molar-refractivity contribution < 1.29 is 9.21 Å². The molecular formula is C11H6ClN3O2. The molecular weight excluding hydrogens is 242 g/mol. The number of rotatable bonds is 2. The van der Waals surface area contributed by atoms with E-state index in [1.807, 2.05) is 0 Å². The Bertz CT molecular complexity index is 688. The fourth-order valence-electron chi connectivity index (χ4n) is 1.56. The van der Waals surface area contributed by atoms with Crippen molar-refractivity contribution in [3.05, 3.63) is 47.2 Å². The number of aromatic amines is 1. The van der Waals surface area contributed by atoms with E-state index in [1.165, 1.54) is 6.33 Å². The summed E-state index contributed by atoms with van der Waals surface area (Å²) >= 11 is 5.85. The van der Waals surface area contributed by atoms with Gasteiger partial charge in [-0.25, -0.2) is 4.98 Å². The van der Waals surface area contributed by atoms with Crippen LogP contribution in [0.15, 0.2) is 35.0 Å². The van der Waals surface area contributed by atoms with Gasteiger partial charge in [-0.15, -0.1) is 0 Å². The van der Waals surface area contributed by atoms with Crippen molar-refractivity contribution in [1.29, 1.82) is 0 Å². The first-order chi connectivity index (χ1) is 8.24. The summed E-state index contributed by atoms with van der Waals surface area (Å²) in [5.74, 6) is 0.0176. The number of ketones is 1. The van der Waals surface area contributed by atoms with Gasteiger partial charge in [0.1, 0.15) is 11.9 Å². The molecule has 0 aliphatic carbocycles. The molecule has 0 radical (unpaired) electrons. The Balaban J connectivity index is 2.09. The predicted molar refractivity (Wildman–Crippen MR) is 61.0 cm³/mol. The topological polar surface area (TPSA) is 71.8 Å². The summed E-state index contributed by atoms with van der Waals surface area (Å²) in [6.07, 6.45) is 1.27. The van der Waals surface area contributed by atoms with Crippen LogP contribution in [0.1, 0.15) is 16.4 Å². The molecule has 17 heavy (non-hydrogen) atoms. The van der Waals surface area contributed by atoms with Crippen molar-refractivity contribution >= 4 is 28.4 Å². The lowest BCUT2D eigenvalue weighted by Crippen LogP contribution is -2.01. The van der Waals surface area contributed by atoms with Crippen molar-refractivity contribution in [3.8, 4) is 0 Å². The Hall–Kier alpha value is -2.14. The molecule has 0 aliphatic rings. The van der Waals surface area contributed by atoms with Crippen molar-refractivity contribution in [3.63, 3.8) is 0 Å². The largest absolute Gasteiger partial charge is 0.452 e. The molecule has 0 bridgehead atoms. The zero-order valence-corrected chi connectivity index (χ0v) is 9.23. The summed E-state index contributed by atoms with van der Waals surface area (Å²) in [6, 6.07) is 6.79. The van der Waals surface area contributed by atoms with Gasteiger partial charge in [-0.2, -0.15) is 5.10 Å². The van der Waals surface area contributed by atoms with Gasteiger partial charge in [-0.05, 0) is 24.3 Å². The van der Waals surface area contributed by atoms with Crippen LogP contribution in [0.3, 0.4) is 0 Å². The first-order valence-corrected chi connectivity index (χ1v) is 5.21. The Morgan fingerprint density at radius 1 is 1.35 bits per heavy atom. The van der Waals surface area contributed by atoms with Crippen LogP contribution < -0.4 is 0 Å². The number of furan rings is 1. The van der Waals surface area contributed by atoms with E-state index in [4.69, 9.17) is 16.0 Å². The lowest BCUT2D eigenvalue weighted by molar-refractivity contribution is 0.100. The van der Waals surface area contributed by atoms with Crippen molar-refractivity contribution in [2.24, 2.45) is 0 Å². The third-order valence-corrected chi connectivity index (χ3v) is 2.57. The van der Waals surface area contributed by atoms with Gasteiger partial charge in [0.15, 0.2) is 11.6 Å². The second-order valence-electron chi connectivity index (χ2n) is 3.46. The van der Waals surface area contributed by atoms with Gasteiger partial charge in [-0.1, -0.05) is 11.6 Å². The monoisotopic (exact) mass is 247 g/mol. The predicted octanol–water partition coefficient (Wildman–Crippen LogP) is 2.44. The van der Waals surface area contributed by atoms with Crippen LogP contribution in [0, 0.1) is 0 Å². The summed E-state index contributed by atoms with van der Waals surface area (Å²) < 4.78 is 5.41. The number of aromatic nitrogens is 3. The lowest BCUT2D eigenvalue weighted by atomic mass is 10.2. The van der Waals surface area contributed by atoms with E-state index >= 15 is 0 Å². The number of hydrogen-bond donors (Lipinski definition) is 1. The number of fused-ring (bicyclic) bond motifs is 1. The first kappa shape index (κ1) is 10.0. The molecule has 3 aromatic rings. The van der Waals surface area contributed by atoms with E-state index in [1.54, 1.807) is 24.3 Å². The minimum absolute atomic E-state index is 0.148. The van der Waals surface area contributed by atoms with E-state index in [9.17, 15) is 4.79 Å². The normalized spacial score (nSPS) is 10.9. The highest BCUT2D eigenvalue weighted by molar-refractivity contribution is 6.31. The highest BCUT2D eigenvalue weighted by atomic mass is 35.5. The number of carbonyl (C=O) groups excluding carboxylic acids is 1. The molecule has 0 unspecified atom stereocenters. The van der Waals surface area contributed by atoms with Gasteiger partial charge in [-0.3, -0.25) is 9.89 Å². The molecule has 2 aromatic heterocycles. The molecule has 6 heteroatoms. The second kappa shape index (κ2) is 3.71. The van der Waals surface area contributed by atoms with Gasteiger partial charge < -0.3 is 4.42 Å². The summed E-state index contributed by atoms with van der Waals surface area (Å²) in [6.45, 7) is 0. The highest BCUT2D eigenvalue weighted by Crippen LogP contribution is 2.23. The molecule has 0 aliphatic heterocycles. The van der Waals surface area contributed by atoms with Crippen LogP contribution in [0.2, 0.25) is 5.02 Å². The van der Waals surface area contributed by atoms with E-state index in [2.05, 4.69) is 15.2 Å². The minimum atomic E-state index is -0.338. The fourth-order valence-corrected chi connectivity index (χ4v) is 1.74. The van der Waals surface area contributed by atoms with Crippen LogP contribution >= 0.6 is 11.6 Å². The molecule has 0 atom stereocenters. The SMILES string of the molecule is O=C(c1ncn[nH]1)c1cc2cc(Cl)ccc2o1. The van der Waals surface area contributed by atoms with Gasteiger partial charge in [0, 0.05) is 10.4 Å². The molecule has 0 saturated heterocycles. The number of nitrogens with zero attached hydrogens (tertiary/aromatic N) is 2. The Morgan fingerprint density at radius 3 is 3.00 bits per heavy atom. The number of carbonyl (C=O) groups is 1. The van der Waals surface area contributed by atoms with E-state index < -0.39 is 0 Å². The molecule has 0 fully saturated rings. The molecule has 2 heterocycles. The molecule has 84 valence electrons. The molecule has 1 aromatic carbocycles. The summed E-state index contributed by atoms with van der Waals surface area (Å²) in [4.78, 5) is 15.7. The van der Waals surface area contributed by atoms with Crippen LogP contribution in [0.5, 0.6) is 0 Å². The summed E-state index contributed by atoms with van der Waals surface area (Å²) in [5.41, 5.74) is 0.609. The maximum Gasteiger partial charge on any atom is 0.264 e. The summed E-state index contributed by atoms with van der Waals surface area (Å²) in [5, 5.41) is 7.48. The number of nitrogens with one attached hydrogen (secondary N) is 1. The molecule has 0 saturated carbocycles. The smallest absolute Gasteiger partial charge is 0.264 e. The van der Waals surface area contributed by atoms with Crippen LogP contribution in [-0.2, 0) is 0 Å². The Labute approximate surface area is 100 Å². The highest BCUT2D eigenvalue weighted by Gasteiger charge is 2.17. The Kier molecular flexibility index (Phi) is 2.19. The van der Waals surface area contributed by atoms with Crippen molar-refractivity contribution in [2.45, 2.75) is 0 Å². The lowest BCUT2D eigenvalue weighted by Gasteiger charge is -1.89. The average Bonchev–Trinajstić information content (AvgIpc) is 2.96. The maximum atomic E-state index is 11.9. The fraction of sp³-hybridized carbons (Fsp3) is 0. The molecule has 3 rings (SSSR count). The zero-order chi connectivity index (χ0) is 11.8. The van der Waals surface area contributed by atoms with Crippen molar-refractivity contribution in [2.75, 3.05) is 0 Å². The van der Waals surface area contributed by atoms with Crippen LogP contribution in [-0.4, -0.2) is 21.0 Å². The average molecular weight is 248 g/mol. The quantitative estimate of drug-likeness (QED) is 0.706. The maximum absolute atomic E-state index is 11.9. The van der Waals surface area contributed by atoms with Gasteiger partial charge >= 0.3 is 0 Å². The third kappa shape index (κ3) is 1.70. The van der Waals surface area contributed by atoms with Gasteiger partial charge in [0.05, 0.1) is 0 Å². The van der Waals surface area contributed by atoms with Gasteiger partial charge in [0.2, 0.25) is 0 Å². The molecule has 5 nitrogen and oxygen atoms in total. The van der Waals surface area contributed by atoms with Crippen LogP contribution in [0.25, 0.3) is 11.0 Å². The Morgan fingerprint density at radius 2 is 2.24 bits per heavy atom. The zero-order valence-electron chi connectivity index (χ0n) is 8.48. The minimum Gasteiger partial charge on any atom is -0.452 e. The van der Waals surface area contributed by atoms with Crippen molar-refractivity contribution in [1.82, 2.24) is 15.2 Å². The summed E-state index contributed by atoms with van der Waals surface area (Å²) in [7, 11) is 0. The molecule has 0 amide bonds. The number of benzene rings is 1. The van der Waals surface area contributed by atoms with Gasteiger partial charge in [0.25, 0.3) is 5.78 Å². The number of hydrogen-bond acceptors (Lipinski definition) is 4. The standard InChI is InChI=1S/C11H6ClN3O2/c12-7-1-2-8-6(3-7)4-9(17-8)10(16)11-13-5-14-15-11/h1-5H,(H,13,14,15). The van der Waals surface area contributed by atoms with Crippen LogP contribution in [0.4, 0.5) is 0 Å². The number of H-pyrrole nitrogens is 1. The third-order valence-electron chi connectivity index (χ3n) is 2.33. The second-order valence-corrected chi connectivity index (χ2v) is 3.89. The van der Waals surface area contributed by atoms with E-state index in [0.29, 0.717) is 10.6 Å².